The van der Waals surface area contributed by atoms with Crippen LogP contribution in [-0.2, 0) is 10.0 Å². The number of oxazole rings is 1. The van der Waals surface area contributed by atoms with E-state index in [1.54, 1.807) is 6.07 Å². The lowest BCUT2D eigenvalue weighted by molar-refractivity contribution is 0.426. The van der Waals surface area contributed by atoms with Crippen LogP contribution in [-0.4, -0.2) is 31.5 Å². The normalized spacial score (nSPS) is 15.6. The zero-order valence-corrected chi connectivity index (χ0v) is 16.3. The van der Waals surface area contributed by atoms with E-state index in [-0.39, 0.29) is 10.5 Å². The van der Waals surface area contributed by atoms with E-state index >= 15 is 0 Å². The van der Waals surface area contributed by atoms with Gasteiger partial charge in [0.15, 0.2) is 5.58 Å². The number of benzene rings is 1. The molecule has 8 nitrogen and oxygen atoms in total. The highest BCUT2D eigenvalue weighted by molar-refractivity contribution is 7.92. The van der Waals surface area contributed by atoms with Crippen molar-refractivity contribution in [3.05, 3.63) is 47.1 Å². The van der Waals surface area contributed by atoms with Gasteiger partial charge in [-0.05, 0) is 37.1 Å². The van der Waals surface area contributed by atoms with Crippen LogP contribution in [0.25, 0.3) is 11.1 Å². The average molecular weight is 402 g/mol. The summed E-state index contributed by atoms with van der Waals surface area (Å²) in [6.45, 7) is 0. The fraction of sp³-hybridized carbons (Fsp3) is 0.368. The zero-order valence-electron chi connectivity index (χ0n) is 15.5. The van der Waals surface area contributed by atoms with Crippen LogP contribution >= 0.6 is 0 Å². The van der Waals surface area contributed by atoms with E-state index in [4.69, 9.17) is 4.42 Å². The maximum Gasteiger partial charge on any atom is 0.417 e. The SMILES string of the molecule is CN(c1ccc(NS(=O)(=O)c2ccc3[nH]c(=O)oc3c2)cn1)C1CCCCC1. The van der Waals surface area contributed by atoms with Crippen molar-refractivity contribution in [3.8, 4) is 0 Å². The molecule has 4 rings (SSSR count). The fourth-order valence-electron chi connectivity index (χ4n) is 3.62. The number of pyridine rings is 1. The number of aromatic nitrogens is 2. The van der Waals surface area contributed by atoms with Gasteiger partial charge in [-0.25, -0.2) is 18.2 Å². The summed E-state index contributed by atoms with van der Waals surface area (Å²) in [4.78, 5) is 20.3. The molecule has 0 saturated heterocycles. The predicted octanol–water partition coefficient (Wildman–Crippen LogP) is 3.09. The quantitative estimate of drug-likeness (QED) is 0.679. The van der Waals surface area contributed by atoms with Crippen molar-refractivity contribution >= 4 is 32.6 Å². The minimum Gasteiger partial charge on any atom is -0.408 e. The van der Waals surface area contributed by atoms with Gasteiger partial charge in [0.05, 0.1) is 22.3 Å². The Bertz CT molecular complexity index is 1130. The van der Waals surface area contributed by atoms with E-state index in [1.807, 2.05) is 13.1 Å². The van der Waals surface area contributed by atoms with Crippen LogP contribution in [0.3, 0.4) is 0 Å². The van der Waals surface area contributed by atoms with Gasteiger partial charge >= 0.3 is 5.76 Å². The zero-order chi connectivity index (χ0) is 19.7. The van der Waals surface area contributed by atoms with Crippen LogP contribution < -0.4 is 15.4 Å². The van der Waals surface area contributed by atoms with Gasteiger partial charge in [0.2, 0.25) is 0 Å². The summed E-state index contributed by atoms with van der Waals surface area (Å²) >= 11 is 0. The Labute approximate surface area is 162 Å². The molecular weight excluding hydrogens is 380 g/mol. The number of rotatable bonds is 5. The monoisotopic (exact) mass is 402 g/mol. The van der Waals surface area contributed by atoms with Gasteiger partial charge in [-0.2, -0.15) is 0 Å². The molecule has 148 valence electrons. The first-order chi connectivity index (χ1) is 13.4. The number of sulfonamides is 1. The molecule has 1 aromatic carbocycles. The van der Waals surface area contributed by atoms with Crippen molar-refractivity contribution in [2.75, 3.05) is 16.7 Å². The van der Waals surface area contributed by atoms with Gasteiger partial charge in [-0.1, -0.05) is 19.3 Å². The lowest BCUT2D eigenvalue weighted by Crippen LogP contribution is -2.33. The Morgan fingerprint density at radius 3 is 2.68 bits per heavy atom. The summed E-state index contributed by atoms with van der Waals surface area (Å²) in [7, 11) is -1.80. The molecule has 1 aliphatic rings. The Balaban J connectivity index is 1.51. The van der Waals surface area contributed by atoms with Crippen LogP contribution in [0, 0.1) is 0 Å². The number of nitrogens with zero attached hydrogens (tertiary/aromatic N) is 2. The summed E-state index contributed by atoms with van der Waals surface area (Å²) in [5.74, 6) is 0.199. The molecule has 0 amide bonds. The molecule has 28 heavy (non-hydrogen) atoms. The molecule has 1 saturated carbocycles. The molecule has 3 aromatic rings. The van der Waals surface area contributed by atoms with E-state index in [2.05, 4.69) is 19.6 Å². The number of aromatic amines is 1. The van der Waals surface area contributed by atoms with Crippen LogP contribution in [0.1, 0.15) is 32.1 Å². The second-order valence-electron chi connectivity index (χ2n) is 7.09. The third-order valence-electron chi connectivity index (χ3n) is 5.19. The van der Waals surface area contributed by atoms with Gasteiger partial charge in [0, 0.05) is 19.2 Å². The average Bonchev–Trinajstić information content (AvgIpc) is 3.07. The standard InChI is InChI=1S/C19H22N4O4S/c1-23(14-5-3-2-4-6-14)18-10-7-13(12-20-18)22-28(25,26)15-8-9-16-17(11-15)27-19(24)21-16/h7-12,14,22H,2-6H2,1H3,(H,21,24). The van der Waals surface area contributed by atoms with E-state index in [0.717, 1.165) is 18.7 Å². The summed E-state index contributed by atoms with van der Waals surface area (Å²) in [5, 5.41) is 0. The van der Waals surface area contributed by atoms with Crippen molar-refractivity contribution in [1.29, 1.82) is 0 Å². The first-order valence-corrected chi connectivity index (χ1v) is 10.8. The molecule has 0 bridgehead atoms. The molecule has 9 heteroatoms. The third-order valence-corrected chi connectivity index (χ3v) is 6.57. The molecule has 2 aromatic heterocycles. The third kappa shape index (κ3) is 3.75. The van der Waals surface area contributed by atoms with Gasteiger partial charge in [0.25, 0.3) is 10.0 Å². The van der Waals surface area contributed by atoms with Crippen LogP contribution in [0.2, 0.25) is 0 Å². The molecule has 2 N–H and O–H groups in total. The van der Waals surface area contributed by atoms with Crippen molar-refractivity contribution < 1.29 is 12.8 Å². The summed E-state index contributed by atoms with van der Waals surface area (Å²) < 4.78 is 32.7. The minimum absolute atomic E-state index is 0.00569. The number of hydrogen-bond donors (Lipinski definition) is 2. The molecule has 0 radical (unpaired) electrons. The first-order valence-electron chi connectivity index (χ1n) is 9.27. The van der Waals surface area contributed by atoms with Crippen molar-refractivity contribution in [2.45, 2.75) is 43.0 Å². The van der Waals surface area contributed by atoms with Gasteiger partial charge in [-0.15, -0.1) is 0 Å². The first kappa shape index (κ1) is 18.5. The molecule has 0 unspecified atom stereocenters. The van der Waals surface area contributed by atoms with E-state index in [9.17, 15) is 13.2 Å². The van der Waals surface area contributed by atoms with Crippen LogP contribution in [0.5, 0.6) is 0 Å². The second kappa shape index (κ2) is 7.31. The highest BCUT2D eigenvalue weighted by Gasteiger charge is 2.20. The van der Waals surface area contributed by atoms with E-state index in [1.165, 1.54) is 43.7 Å². The minimum atomic E-state index is -3.83. The Hall–Kier alpha value is -2.81. The van der Waals surface area contributed by atoms with E-state index < -0.39 is 15.8 Å². The Morgan fingerprint density at radius 2 is 1.96 bits per heavy atom. The highest BCUT2D eigenvalue weighted by atomic mass is 32.2. The molecular formula is C19H22N4O4S. The number of H-pyrrole nitrogens is 1. The Kier molecular flexibility index (Phi) is 4.84. The molecule has 1 fully saturated rings. The fourth-order valence-corrected chi connectivity index (χ4v) is 4.68. The predicted molar refractivity (Wildman–Crippen MR) is 107 cm³/mol. The van der Waals surface area contributed by atoms with Crippen LogP contribution in [0.4, 0.5) is 11.5 Å². The Morgan fingerprint density at radius 1 is 1.18 bits per heavy atom. The number of nitrogens with one attached hydrogen (secondary N) is 2. The maximum absolute atomic E-state index is 12.6. The smallest absolute Gasteiger partial charge is 0.408 e. The van der Waals surface area contributed by atoms with Crippen molar-refractivity contribution in [3.63, 3.8) is 0 Å². The van der Waals surface area contributed by atoms with Gasteiger partial charge in [0.1, 0.15) is 5.82 Å². The summed E-state index contributed by atoms with van der Waals surface area (Å²) in [5.41, 5.74) is 1.01. The topological polar surface area (TPSA) is 108 Å². The molecule has 0 aliphatic heterocycles. The largest absolute Gasteiger partial charge is 0.417 e. The molecule has 1 aliphatic carbocycles. The maximum atomic E-state index is 12.6. The second-order valence-corrected chi connectivity index (χ2v) is 8.77. The number of hydrogen-bond acceptors (Lipinski definition) is 6. The molecule has 0 spiro atoms. The summed E-state index contributed by atoms with van der Waals surface area (Å²) in [6, 6.07) is 8.22. The van der Waals surface area contributed by atoms with Gasteiger partial charge in [-0.3, -0.25) is 9.71 Å². The lowest BCUT2D eigenvalue weighted by Gasteiger charge is -2.32. The highest BCUT2D eigenvalue weighted by Crippen LogP contribution is 2.26. The molecule has 2 heterocycles. The lowest BCUT2D eigenvalue weighted by atomic mass is 9.94. The van der Waals surface area contributed by atoms with Crippen molar-refractivity contribution in [1.82, 2.24) is 9.97 Å². The summed E-state index contributed by atoms with van der Waals surface area (Å²) in [6.07, 6.45) is 7.59. The number of fused-ring (bicyclic) bond motifs is 1. The van der Waals surface area contributed by atoms with Crippen molar-refractivity contribution in [2.24, 2.45) is 0 Å². The van der Waals surface area contributed by atoms with Crippen LogP contribution in [0.15, 0.2) is 50.6 Å². The number of anilines is 2. The van der Waals surface area contributed by atoms with Gasteiger partial charge < -0.3 is 9.32 Å². The molecule has 0 atom stereocenters. The van der Waals surface area contributed by atoms with E-state index in [0.29, 0.717) is 17.2 Å².